The van der Waals surface area contributed by atoms with Crippen LogP contribution in [-0.4, -0.2) is 28.2 Å². The second kappa shape index (κ2) is 6.94. The van der Waals surface area contributed by atoms with Crippen LogP contribution >= 0.6 is 22.6 Å². The van der Waals surface area contributed by atoms with Crippen LogP contribution in [0.2, 0.25) is 0 Å². The molecule has 0 aliphatic heterocycles. The summed E-state index contributed by atoms with van der Waals surface area (Å²) in [6, 6.07) is -0.553. The van der Waals surface area contributed by atoms with E-state index in [1.165, 1.54) is 0 Å². The van der Waals surface area contributed by atoms with Gasteiger partial charge in [0.25, 0.3) is 0 Å². The summed E-state index contributed by atoms with van der Waals surface area (Å²) < 4.78 is 153. The summed E-state index contributed by atoms with van der Waals surface area (Å²) in [5.41, 5.74) is -4.40. The molecule has 1 rings (SSSR count). The van der Waals surface area contributed by atoms with Crippen molar-refractivity contribution in [2.24, 2.45) is 0 Å². The van der Waals surface area contributed by atoms with Crippen LogP contribution in [0.4, 0.5) is 54.0 Å². The number of anilines is 1. The van der Waals surface area contributed by atoms with Crippen LogP contribution in [0.3, 0.4) is 0 Å². The topological polar surface area (TPSA) is 43.1 Å². The Kier molecular flexibility index (Phi) is 6.18. The van der Waals surface area contributed by atoms with E-state index in [1.807, 2.05) is 0 Å². The first-order valence-corrected chi connectivity index (χ1v) is 8.17. The zero-order valence-electron chi connectivity index (χ0n) is 11.7. The van der Waals surface area contributed by atoms with Gasteiger partial charge in [-0.1, -0.05) is 0 Å². The van der Waals surface area contributed by atoms with Gasteiger partial charge in [-0.15, -0.1) is 0 Å². The largest absolute Gasteiger partial charge is 0.457 e. The van der Waals surface area contributed by atoms with Crippen molar-refractivity contribution in [3.8, 4) is 0 Å². The van der Waals surface area contributed by atoms with E-state index in [-0.39, 0.29) is 6.07 Å². The minimum Gasteiger partial charge on any atom is -0.397 e. The molecule has 0 aliphatic carbocycles. The molecule has 0 amide bonds. The molecule has 26 heavy (non-hydrogen) atoms. The summed E-state index contributed by atoms with van der Waals surface area (Å²) in [5.74, 6) is -10.8. The van der Waals surface area contributed by atoms with Crippen LogP contribution in [0.15, 0.2) is 17.0 Å². The van der Waals surface area contributed by atoms with Crippen molar-refractivity contribution in [2.75, 3.05) is 5.73 Å². The fourth-order valence-corrected chi connectivity index (χ4v) is 3.34. The summed E-state index contributed by atoms with van der Waals surface area (Å²) in [5, 5.41) is 0. The third-order valence-electron chi connectivity index (χ3n) is 3.05. The number of benzene rings is 1. The van der Waals surface area contributed by atoms with Gasteiger partial charge in [0.15, 0.2) is 0 Å². The molecule has 0 radical (unpaired) electrons. The lowest BCUT2D eigenvalue weighted by atomic mass is 9.87. The molecular formula is C11H5F11INOS. The Bertz CT molecular complexity index is 717. The van der Waals surface area contributed by atoms with Gasteiger partial charge < -0.3 is 5.73 Å². The number of nitrogens with two attached hydrogens (primary N) is 1. The van der Waals surface area contributed by atoms with Crippen molar-refractivity contribution in [1.29, 1.82) is 0 Å². The van der Waals surface area contributed by atoms with Crippen LogP contribution in [0.5, 0.6) is 0 Å². The number of hydrogen-bond donors (Lipinski definition) is 1. The first kappa shape index (κ1) is 23.2. The number of rotatable bonds is 4. The van der Waals surface area contributed by atoms with Gasteiger partial charge in [-0.25, -0.2) is 8.60 Å². The lowest BCUT2D eigenvalue weighted by Gasteiger charge is -2.36. The molecule has 150 valence electrons. The molecule has 2 N–H and O–H groups in total. The van der Waals surface area contributed by atoms with Crippen molar-refractivity contribution in [3.63, 3.8) is 0 Å². The van der Waals surface area contributed by atoms with Crippen molar-refractivity contribution < 1.29 is 52.5 Å². The molecule has 0 heterocycles. The fraction of sp³-hybridized carbons (Fsp3) is 0.455. The maximum Gasteiger partial charge on any atom is 0.457 e. The molecule has 2 nitrogen and oxygen atoms in total. The molecule has 2 unspecified atom stereocenters. The molecule has 0 aromatic heterocycles. The zero-order valence-corrected chi connectivity index (χ0v) is 14.6. The fourth-order valence-electron chi connectivity index (χ4n) is 1.77. The summed E-state index contributed by atoms with van der Waals surface area (Å²) >= 11 is 0.985. The Hall–Kier alpha value is -0.870. The van der Waals surface area contributed by atoms with E-state index < -0.39 is 66.3 Å². The van der Waals surface area contributed by atoms with Crippen molar-refractivity contribution >= 4 is 39.1 Å². The van der Waals surface area contributed by atoms with Gasteiger partial charge in [-0.2, -0.15) is 43.9 Å². The van der Waals surface area contributed by atoms with Crippen molar-refractivity contribution in [3.05, 3.63) is 21.3 Å². The number of halogens is 12. The van der Waals surface area contributed by atoms with Gasteiger partial charge in [0.05, 0.1) is 10.6 Å². The third-order valence-corrected chi connectivity index (χ3v) is 5.03. The number of alkyl halides is 11. The van der Waals surface area contributed by atoms with E-state index in [1.54, 1.807) is 0 Å². The van der Waals surface area contributed by atoms with E-state index in [0.29, 0.717) is 0 Å². The Morgan fingerprint density at radius 3 is 1.73 bits per heavy atom. The van der Waals surface area contributed by atoms with Crippen molar-refractivity contribution in [1.82, 2.24) is 0 Å². The van der Waals surface area contributed by atoms with Crippen LogP contribution in [-0.2, 0) is 16.5 Å². The second-order valence-corrected chi connectivity index (χ2v) is 7.21. The Morgan fingerprint density at radius 1 is 0.923 bits per heavy atom. The minimum atomic E-state index is -6.99. The highest BCUT2D eigenvalue weighted by Crippen LogP contribution is 2.58. The second-order valence-electron chi connectivity index (χ2n) is 4.66. The summed E-state index contributed by atoms with van der Waals surface area (Å²) in [4.78, 5) is -1.41. The average Bonchev–Trinajstić information content (AvgIpc) is 2.45. The first-order valence-electron chi connectivity index (χ1n) is 5.88. The molecule has 0 fully saturated rings. The van der Waals surface area contributed by atoms with Crippen LogP contribution in [0.1, 0.15) is 5.56 Å². The summed E-state index contributed by atoms with van der Waals surface area (Å²) in [7, 11) is -3.50. The molecule has 0 saturated carbocycles. The molecule has 15 heteroatoms. The minimum absolute atomic E-state index is 0.116. The highest BCUT2D eigenvalue weighted by Gasteiger charge is 2.81. The monoisotopic (exact) mass is 535 g/mol. The molecule has 0 saturated heterocycles. The highest BCUT2D eigenvalue weighted by atomic mass is 127. The van der Waals surface area contributed by atoms with E-state index in [0.717, 1.165) is 22.6 Å². The van der Waals surface area contributed by atoms with E-state index in [4.69, 9.17) is 5.73 Å². The van der Waals surface area contributed by atoms with E-state index in [2.05, 4.69) is 0 Å². The highest BCUT2D eigenvalue weighted by molar-refractivity contribution is 14.1. The molecule has 0 bridgehead atoms. The molecule has 1 aromatic rings. The number of nitrogen functional groups attached to an aromatic ring is 1. The smallest absolute Gasteiger partial charge is 0.397 e. The maximum absolute atomic E-state index is 14.3. The maximum atomic E-state index is 14.3. The van der Waals surface area contributed by atoms with Gasteiger partial charge in [0.1, 0.15) is 10.8 Å². The predicted molar refractivity (Wildman–Crippen MR) is 75.8 cm³/mol. The average molecular weight is 535 g/mol. The van der Waals surface area contributed by atoms with E-state index in [9.17, 15) is 52.5 Å². The van der Waals surface area contributed by atoms with Gasteiger partial charge in [0, 0.05) is 9.13 Å². The van der Waals surface area contributed by atoms with Crippen LogP contribution < -0.4 is 5.73 Å². The van der Waals surface area contributed by atoms with E-state index >= 15 is 0 Å². The molecule has 0 aliphatic rings. The number of hydrogen-bond acceptors (Lipinski definition) is 2. The quantitative estimate of drug-likeness (QED) is 0.331. The van der Waals surface area contributed by atoms with Crippen LogP contribution in [0, 0.1) is 3.57 Å². The SMILES string of the molecule is Nc1c(I)cc(C(F)(C(F)(F)F)C(F)(F)C(F)(F)F)cc1S(=O)C(F)F. The summed E-state index contributed by atoms with van der Waals surface area (Å²) in [6.07, 6.45) is -13.8. The van der Waals surface area contributed by atoms with Crippen LogP contribution in [0.25, 0.3) is 0 Å². The van der Waals surface area contributed by atoms with Gasteiger partial charge in [0.2, 0.25) is 0 Å². The summed E-state index contributed by atoms with van der Waals surface area (Å²) in [6.45, 7) is 0. The van der Waals surface area contributed by atoms with Crippen molar-refractivity contribution in [2.45, 2.75) is 34.6 Å². The first-order chi connectivity index (χ1) is 11.4. The lowest BCUT2D eigenvalue weighted by molar-refractivity contribution is -0.389. The van der Waals surface area contributed by atoms with Gasteiger partial charge in [-0.3, -0.25) is 0 Å². The third kappa shape index (κ3) is 3.60. The molecule has 1 aromatic carbocycles. The lowest BCUT2D eigenvalue weighted by Crippen LogP contribution is -2.59. The normalized spacial score (nSPS) is 17.3. The standard InChI is InChI=1S/C11H5F11INOS/c12-7(13)26(25)5-2-3(1-4(23)6(5)24)8(14,10(17,18)19)9(15,16)11(20,21)22/h1-2,7H,24H2. The molecular weight excluding hydrogens is 530 g/mol. The predicted octanol–water partition coefficient (Wildman–Crippen LogP) is 5.13. The Balaban J connectivity index is 3.90. The van der Waals surface area contributed by atoms with Gasteiger partial charge in [-0.05, 0) is 34.7 Å². The zero-order chi connectivity index (χ0) is 20.9. The van der Waals surface area contributed by atoms with Gasteiger partial charge >= 0.3 is 29.7 Å². The Labute approximate surface area is 153 Å². The molecule has 0 spiro atoms. The Morgan fingerprint density at radius 2 is 1.38 bits per heavy atom. The molecule has 2 atom stereocenters.